The zero-order chi connectivity index (χ0) is 13.1. The Bertz CT molecular complexity index is 531. The third-order valence-corrected chi connectivity index (χ3v) is 2.92. The number of pyridine rings is 2. The number of nitrogens with zero attached hydrogens (tertiary/aromatic N) is 2. The molecule has 2 heterocycles. The Labute approximate surface area is 107 Å². The molecule has 94 valence electrons. The van der Waals surface area contributed by atoms with Crippen molar-refractivity contribution in [2.24, 2.45) is 0 Å². The first kappa shape index (κ1) is 12.5. The molecule has 0 fully saturated rings. The second kappa shape index (κ2) is 5.14. The molecule has 0 bridgehead atoms. The number of anilines is 1. The number of nitrogen functional groups attached to an aromatic ring is 1. The molecule has 18 heavy (non-hydrogen) atoms. The van der Waals surface area contributed by atoms with E-state index in [0.717, 1.165) is 28.2 Å². The van der Waals surface area contributed by atoms with Crippen LogP contribution in [0.25, 0.3) is 0 Å². The largest absolute Gasteiger partial charge is 0.398 e. The Kier molecular flexibility index (Phi) is 3.58. The molecule has 1 atom stereocenters. The van der Waals surface area contributed by atoms with Gasteiger partial charge >= 0.3 is 0 Å². The van der Waals surface area contributed by atoms with Crippen molar-refractivity contribution in [1.29, 1.82) is 0 Å². The van der Waals surface area contributed by atoms with Crippen LogP contribution in [0, 0.1) is 13.8 Å². The van der Waals surface area contributed by atoms with E-state index < -0.39 is 0 Å². The highest BCUT2D eigenvalue weighted by molar-refractivity contribution is 5.49. The second-order valence-corrected chi connectivity index (χ2v) is 4.41. The molecule has 0 aliphatic heterocycles. The Morgan fingerprint density at radius 3 is 2.44 bits per heavy atom. The van der Waals surface area contributed by atoms with Crippen LogP contribution in [0.2, 0.25) is 0 Å². The predicted octanol–water partition coefficient (Wildman–Crippen LogP) is 1.98. The molecule has 4 nitrogen and oxygen atoms in total. The summed E-state index contributed by atoms with van der Waals surface area (Å²) in [6.07, 6.45) is 3.51. The fraction of sp³-hybridized carbons (Fsp3) is 0.286. The zero-order valence-electron chi connectivity index (χ0n) is 10.9. The lowest BCUT2D eigenvalue weighted by molar-refractivity contribution is 0.687. The van der Waals surface area contributed by atoms with Crippen LogP contribution < -0.4 is 11.1 Å². The topological polar surface area (TPSA) is 63.8 Å². The molecule has 2 rings (SSSR count). The summed E-state index contributed by atoms with van der Waals surface area (Å²) in [5, 5.41) is 3.28. The lowest BCUT2D eigenvalue weighted by Crippen LogP contribution is -2.19. The van der Waals surface area contributed by atoms with Crippen LogP contribution in [0.3, 0.4) is 0 Å². The Morgan fingerprint density at radius 2 is 1.89 bits per heavy atom. The molecule has 0 aromatic carbocycles. The molecule has 0 amide bonds. The van der Waals surface area contributed by atoms with Crippen molar-refractivity contribution < 1.29 is 0 Å². The first-order chi connectivity index (χ1) is 8.61. The highest BCUT2D eigenvalue weighted by atomic mass is 14.9. The quantitative estimate of drug-likeness (QED) is 0.864. The molecule has 2 aromatic heterocycles. The van der Waals surface area contributed by atoms with Gasteiger partial charge in [-0.05, 0) is 44.7 Å². The van der Waals surface area contributed by atoms with Gasteiger partial charge in [0.1, 0.15) is 0 Å². The summed E-state index contributed by atoms with van der Waals surface area (Å²) >= 11 is 0. The smallest absolute Gasteiger partial charge is 0.0611 e. The van der Waals surface area contributed by atoms with Crippen LogP contribution in [0.4, 0.5) is 5.69 Å². The molecule has 0 saturated carbocycles. The van der Waals surface area contributed by atoms with Crippen molar-refractivity contribution in [2.75, 3.05) is 12.8 Å². The van der Waals surface area contributed by atoms with Crippen molar-refractivity contribution in [3.8, 4) is 0 Å². The summed E-state index contributed by atoms with van der Waals surface area (Å²) in [7, 11) is 1.92. The first-order valence-electron chi connectivity index (χ1n) is 5.93. The van der Waals surface area contributed by atoms with Gasteiger partial charge in [-0.1, -0.05) is 0 Å². The minimum absolute atomic E-state index is 0.0408. The normalized spacial score (nSPS) is 12.4. The SMILES string of the molecule is CNC(c1cc(C)nc(C)c1)c1cnccc1N. The van der Waals surface area contributed by atoms with Gasteiger partial charge in [0.15, 0.2) is 0 Å². The van der Waals surface area contributed by atoms with Gasteiger partial charge < -0.3 is 11.1 Å². The molecule has 0 aliphatic carbocycles. The van der Waals surface area contributed by atoms with E-state index in [0.29, 0.717) is 0 Å². The van der Waals surface area contributed by atoms with Gasteiger partial charge in [-0.25, -0.2) is 0 Å². The van der Waals surface area contributed by atoms with Gasteiger partial charge in [-0.3, -0.25) is 9.97 Å². The summed E-state index contributed by atoms with van der Waals surface area (Å²) in [5.41, 5.74) is 10.9. The maximum Gasteiger partial charge on any atom is 0.0611 e. The lowest BCUT2D eigenvalue weighted by atomic mass is 9.98. The van der Waals surface area contributed by atoms with E-state index in [1.807, 2.05) is 33.2 Å². The fourth-order valence-corrected chi connectivity index (χ4v) is 2.19. The molecule has 4 heteroatoms. The molecule has 3 N–H and O–H groups in total. The number of aromatic nitrogens is 2. The highest BCUT2D eigenvalue weighted by Gasteiger charge is 2.15. The summed E-state index contributed by atoms with van der Waals surface area (Å²) in [5.74, 6) is 0. The van der Waals surface area contributed by atoms with Gasteiger partial charge in [0.25, 0.3) is 0 Å². The molecule has 0 saturated heterocycles. The standard InChI is InChI=1S/C14H18N4/c1-9-6-11(7-10(2)18-9)14(16-3)12-8-17-5-4-13(12)15/h4-8,14,16H,1-3H3,(H2,15,17). The number of aryl methyl sites for hydroxylation is 2. The van der Waals surface area contributed by atoms with E-state index in [1.165, 1.54) is 0 Å². The van der Waals surface area contributed by atoms with E-state index in [-0.39, 0.29) is 6.04 Å². The van der Waals surface area contributed by atoms with Crippen molar-refractivity contribution in [3.63, 3.8) is 0 Å². The number of hydrogen-bond donors (Lipinski definition) is 2. The first-order valence-corrected chi connectivity index (χ1v) is 5.93. The van der Waals surface area contributed by atoms with Gasteiger partial charge in [-0.2, -0.15) is 0 Å². The van der Waals surface area contributed by atoms with Crippen LogP contribution in [0.5, 0.6) is 0 Å². The summed E-state index contributed by atoms with van der Waals surface area (Å²) in [6, 6.07) is 6.00. The van der Waals surface area contributed by atoms with Crippen LogP contribution in [-0.4, -0.2) is 17.0 Å². The van der Waals surface area contributed by atoms with Crippen molar-refractivity contribution in [1.82, 2.24) is 15.3 Å². The Morgan fingerprint density at radius 1 is 1.22 bits per heavy atom. The second-order valence-electron chi connectivity index (χ2n) is 4.41. The van der Waals surface area contributed by atoms with Gasteiger partial charge in [0.2, 0.25) is 0 Å². The average Bonchev–Trinajstić information content (AvgIpc) is 2.31. The number of rotatable bonds is 3. The van der Waals surface area contributed by atoms with Crippen LogP contribution >= 0.6 is 0 Å². The lowest BCUT2D eigenvalue weighted by Gasteiger charge is -2.19. The van der Waals surface area contributed by atoms with Crippen molar-refractivity contribution in [2.45, 2.75) is 19.9 Å². The Hall–Kier alpha value is -1.94. The maximum absolute atomic E-state index is 6.01. The molecule has 0 spiro atoms. The van der Waals surface area contributed by atoms with E-state index in [4.69, 9.17) is 5.73 Å². The molecule has 2 aromatic rings. The van der Waals surface area contributed by atoms with Crippen molar-refractivity contribution in [3.05, 3.63) is 53.1 Å². The van der Waals surface area contributed by atoms with E-state index in [2.05, 4.69) is 27.4 Å². The molecular weight excluding hydrogens is 224 g/mol. The van der Waals surface area contributed by atoms with Gasteiger partial charge in [-0.15, -0.1) is 0 Å². The minimum atomic E-state index is 0.0408. The summed E-state index contributed by atoms with van der Waals surface area (Å²) in [4.78, 5) is 8.54. The maximum atomic E-state index is 6.01. The monoisotopic (exact) mass is 242 g/mol. The number of nitrogens with one attached hydrogen (secondary N) is 1. The highest BCUT2D eigenvalue weighted by Crippen LogP contribution is 2.26. The third-order valence-electron chi connectivity index (χ3n) is 2.92. The third kappa shape index (κ3) is 2.49. The zero-order valence-corrected chi connectivity index (χ0v) is 10.9. The van der Waals surface area contributed by atoms with E-state index in [1.54, 1.807) is 6.20 Å². The summed E-state index contributed by atoms with van der Waals surface area (Å²) in [6.45, 7) is 3.99. The number of nitrogens with two attached hydrogens (primary N) is 1. The van der Waals surface area contributed by atoms with E-state index >= 15 is 0 Å². The van der Waals surface area contributed by atoms with Gasteiger partial charge in [0.05, 0.1) is 6.04 Å². The Balaban J connectivity index is 2.48. The van der Waals surface area contributed by atoms with Crippen molar-refractivity contribution >= 4 is 5.69 Å². The summed E-state index contributed by atoms with van der Waals surface area (Å²) < 4.78 is 0. The predicted molar refractivity (Wildman–Crippen MR) is 73.3 cm³/mol. The molecular formula is C14H18N4. The molecule has 1 unspecified atom stereocenters. The minimum Gasteiger partial charge on any atom is -0.398 e. The average molecular weight is 242 g/mol. The van der Waals surface area contributed by atoms with Gasteiger partial charge in [0, 0.05) is 35.0 Å². The van der Waals surface area contributed by atoms with E-state index in [9.17, 15) is 0 Å². The fourth-order valence-electron chi connectivity index (χ4n) is 2.19. The number of hydrogen-bond acceptors (Lipinski definition) is 4. The molecule has 0 radical (unpaired) electrons. The van der Waals surface area contributed by atoms with Crippen LogP contribution in [-0.2, 0) is 0 Å². The van der Waals surface area contributed by atoms with Crippen LogP contribution in [0.1, 0.15) is 28.6 Å². The van der Waals surface area contributed by atoms with Crippen LogP contribution in [0.15, 0.2) is 30.6 Å². The molecule has 0 aliphatic rings.